The summed E-state index contributed by atoms with van der Waals surface area (Å²) >= 11 is 5.89. The van der Waals surface area contributed by atoms with Crippen molar-refractivity contribution >= 4 is 23.4 Å². The van der Waals surface area contributed by atoms with Gasteiger partial charge >= 0.3 is 6.09 Å². The fourth-order valence-electron chi connectivity index (χ4n) is 4.14. The molecule has 0 aromatic heterocycles. The van der Waals surface area contributed by atoms with Crippen molar-refractivity contribution in [1.29, 1.82) is 0 Å². The van der Waals surface area contributed by atoms with Crippen LogP contribution in [-0.4, -0.2) is 42.8 Å². The molecule has 1 amide bonds. The minimum atomic E-state index is -0.496. The smallest absolute Gasteiger partial charge is 0.410 e. The van der Waals surface area contributed by atoms with Crippen LogP contribution in [0, 0.1) is 5.82 Å². The van der Waals surface area contributed by atoms with Crippen LogP contribution >= 0.6 is 11.6 Å². The Balaban J connectivity index is 1.45. The highest BCUT2D eigenvalue weighted by Crippen LogP contribution is 2.40. The van der Waals surface area contributed by atoms with E-state index in [4.69, 9.17) is 21.1 Å². The molecule has 5 nitrogen and oxygen atoms in total. The lowest BCUT2D eigenvalue weighted by Crippen LogP contribution is -2.50. The van der Waals surface area contributed by atoms with Gasteiger partial charge in [-0.2, -0.15) is 0 Å². The van der Waals surface area contributed by atoms with Crippen molar-refractivity contribution in [1.82, 2.24) is 4.90 Å². The second kappa shape index (κ2) is 8.58. The highest BCUT2D eigenvalue weighted by molar-refractivity contribution is 6.30. The van der Waals surface area contributed by atoms with Crippen LogP contribution < -0.4 is 9.64 Å². The number of nitrogens with zero attached hydrogens (tertiary/aromatic N) is 2. The fourth-order valence-corrected chi connectivity index (χ4v) is 4.30. The first kappa shape index (κ1) is 21.8. The van der Waals surface area contributed by atoms with E-state index in [1.54, 1.807) is 17.0 Å². The summed E-state index contributed by atoms with van der Waals surface area (Å²) in [5, 5.41) is 0.380. The molecule has 4 rings (SSSR count). The molecule has 2 aromatic rings. The average molecular weight is 447 g/mol. The number of carbonyl (C=O) groups is 1. The number of anilines is 1. The van der Waals surface area contributed by atoms with E-state index < -0.39 is 5.60 Å². The first-order valence-electron chi connectivity index (χ1n) is 10.7. The summed E-state index contributed by atoms with van der Waals surface area (Å²) in [5.41, 5.74) is 2.30. The summed E-state index contributed by atoms with van der Waals surface area (Å²) < 4.78 is 26.0. The molecule has 0 spiro atoms. The van der Waals surface area contributed by atoms with Crippen LogP contribution in [0.3, 0.4) is 0 Å². The Labute approximate surface area is 187 Å². The van der Waals surface area contributed by atoms with Crippen LogP contribution in [0.4, 0.5) is 14.9 Å². The van der Waals surface area contributed by atoms with Crippen LogP contribution in [0.25, 0.3) is 0 Å². The molecular formula is C24H28ClFN2O3. The molecule has 2 aliphatic rings. The molecule has 31 heavy (non-hydrogen) atoms. The Hall–Kier alpha value is -2.47. The summed E-state index contributed by atoms with van der Waals surface area (Å²) in [6.45, 7) is 8.30. The van der Waals surface area contributed by atoms with Gasteiger partial charge in [-0.15, -0.1) is 0 Å². The molecule has 7 heteroatoms. The van der Waals surface area contributed by atoms with Crippen LogP contribution in [0.2, 0.25) is 5.02 Å². The van der Waals surface area contributed by atoms with Crippen LogP contribution in [-0.2, 0) is 11.2 Å². The van der Waals surface area contributed by atoms with Gasteiger partial charge in [-0.3, -0.25) is 0 Å². The number of hydrogen-bond acceptors (Lipinski definition) is 4. The zero-order chi connectivity index (χ0) is 22.2. The molecule has 0 aliphatic carbocycles. The van der Waals surface area contributed by atoms with Gasteiger partial charge < -0.3 is 19.3 Å². The van der Waals surface area contributed by atoms with Gasteiger partial charge in [0.05, 0.1) is 0 Å². The van der Waals surface area contributed by atoms with Gasteiger partial charge in [0.2, 0.25) is 0 Å². The number of rotatable bonds is 2. The summed E-state index contributed by atoms with van der Waals surface area (Å²) in [7, 11) is 0. The molecule has 1 unspecified atom stereocenters. The van der Waals surface area contributed by atoms with Crippen molar-refractivity contribution < 1.29 is 18.7 Å². The van der Waals surface area contributed by atoms with Crippen LogP contribution in [0.1, 0.15) is 44.4 Å². The van der Waals surface area contributed by atoms with Gasteiger partial charge in [-0.1, -0.05) is 23.7 Å². The second-order valence-electron chi connectivity index (χ2n) is 9.02. The Morgan fingerprint density at radius 2 is 1.90 bits per heavy atom. The van der Waals surface area contributed by atoms with Gasteiger partial charge in [0.1, 0.15) is 23.3 Å². The number of amides is 1. The fraction of sp³-hybridized carbons (Fsp3) is 0.458. The van der Waals surface area contributed by atoms with Crippen molar-refractivity contribution in [2.75, 3.05) is 31.1 Å². The standard InChI is InChI=1S/C24H28ClFN2O3/c1-24(2,3)31-23(29)28-13-11-27(12-14-28)20-5-4-6-21-18(20)9-10-22(30-21)17-8-7-16(25)15-19(17)26/h4-8,15,22H,9-14H2,1-3H3. The maximum absolute atomic E-state index is 14.4. The lowest BCUT2D eigenvalue weighted by atomic mass is 9.95. The molecule has 1 fully saturated rings. The van der Waals surface area contributed by atoms with Crippen molar-refractivity contribution in [3.63, 3.8) is 0 Å². The first-order valence-corrected chi connectivity index (χ1v) is 11.1. The summed E-state index contributed by atoms with van der Waals surface area (Å²) in [5.74, 6) is 0.452. The lowest BCUT2D eigenvalue weighted by Gasteiger charge is -2.38. The van der Waals surface area contributed by atoms with Gasteiger partial charge in [0.25, 0.3) is 0 Å². The predicted octanol–water partition coefficient (Wildman–Crippen LogP) is 5.60. The van der Waals surface area contributed by atoms with Gasteiger partial charge in [0.15, 0.2) is 0 Å². The number of hydrogen-bond donors (Lipinski definition) is 0. The van der Waals surface area contributed by atoms with Crippen molar-refractivity contribution in [2.45, 2.75) is 45.3 Å². The molecule has 0 bridgehead atoms. The zero-order valence-electron chi connectivity index (χ0n) is 18.2. The van der Waals surface area contributed by atoms with Crippen molar-refractivity contribution in [3.05, 3.63) is 58.4 Å². The van der Waals surface area contributed by atoms with Gasteiger partial charge in [-0.05, 0) is 57.9 Å². The number of benzene rings is 2. The van der Waals surface area contributed by atoms with E-state index in [0.29, 0.717) is 30.1 Å². The molecule has 1 saturated heterocycles. The molecule has 166 valence electrons. The number of ether oxygens (including phenoxy) is 2. The topological polar surface area (TPSA) is 42.0 Å². The van der Waals surface area contributed by atoms with E-state index in [9.17, 15) is 9.18 Å². The zero-order valence-corrected chi connectivity index (χ0v) is 18.9. The highest BCUT2D eigenvalue weighted by Gasteiger charge is 2.30. The highest BCUT2D eigenvalue weighted by atomic mass is 35.5. The molecule has 2 aromatic carbocycles. The van der Waals surface area contributed by atoms with Crippen molar-refractivity contribution in [3.8, 4) is 5.75 Å². The lowest BCUT2D eigenvalue weighted by molar-refractivity contribution is 0.0240. The summed E-state index contributed by atoms with van der Waals surface area (Å²) in [6.07, 6.45) is 0.896. The van der Waals surface area contributed by atoms with E-state index in [2.05, 4.69) is 11.0 Å². The first-order chi connectivity index (χ1) is 14.7. The minimum Gasteiger partial charge on any atom is -0.485 e. The number of carbonyl (C=O) groups excluding carboxylic acids is 1. The monoisotopic (exact) mass is 446 g/mol. The number of piperazine rings is 1. The quantitative estimate of drug-likeness (QED) is 0.602. The Morgan fingerprint density at radius 3 is 2.58 bits per heavy atom. The molecule has 1 atom stereocenters. The van der Waals surface area contributed by atoms with Crippen LogP contribution in [0.5, 0.6) is 5.75 Å². The summed E-state index contributed by atoms with van der Waals surface area (Å²) in [6, 6.07) is 10.7. The maximum atomic E-state index is 14.4. The summed E-state index contributed by atoms with van der Waals surface area (Å²) in [4.78, 5) is 16.4. The van der Waals surface area contributed by atoms with Gasteiger partial charge in [0, 0.05) is 48.0 Å². The minimum absolute atomic E-state index is 0.265. The van der Waals surface area contributed by atoms with Crippen molar-refractivity contribution in [2.24, 2.45) is 0 Å². The Morgan fingerprint density at radius 1 is 1.16 bits per heavy atom. The van der Waals surface area contributed by atoms with E-state index in [-0.39, 0.29) is 18.0 Å². The predicted molar refractivity (Wildman–Crippen MR) is 120 cm³/mol. The van der Waals surface area contributed by atoms with Crippen LogP contribution in [0.15, 0.2) is 36.4 Å². The molecule has 0 N–H and O–H groups in total. The Bertz CT molecular complexity index is 968. The maximum Gasteiger partial charge on any atom is 0.410 e. The molecule has 2 heterocycles. The normalized spacial score (nSPS) is 18.9. The average Bonchev–Trinajstić information content (AvgIpc) is 2.72. The SMILES string of the molecule is CC(C)(C)OC(=O)N1CCN(c2cccc3c2CCC(c2ccc(Cl)cc2F)O3)CC1. The van der Waals surface area contributed by atoms with Gasteiger partial charge in [-0.25, -0.2) is 9.18 Å². The third-order valence-electron chi connectivity index (χ3n) is 5.62. The third kappa shape index (κ3) is 4.90. The largest absolute Gasteiger partial charge is 0.485 e. The molecule has 2 aliphatic heterocycles. The molecule has 0 radical (unpaired) electrons. The third-order valence-corrected chi connectivity index (χ3v) is 5.85. The number of halogens is 2. The second-order valence-corrected chi connectivity index (χ2v) is 9.46. The van der Waals surface area contributed by atoms with E-state index >= 15 is 0 Å². The molecule has 0 saturated carbocycles. The van der Waals surface area contributed by atoms with E-state index in [1.165, 1.54) is 6.07 Å². The number of fused-ring (bicyclic) bond motifs is 1. The van der Waals surface area contributed by atoms with E-state index in [1.807, 2.05) is 32.9 Å². The van der Waals surface area contributed by atoms with E-state index in [0.717, 1.165) is 36.5 Å². The molecular weight excluding hydrogens is 419 g/mol. The Kier molecular flexibility index (Phi) is 6.02.